The minimum absolute atomic E-state index is 0.354. The molecule has 24 heavy (non-hydrogen) atoms. The fraction of sp³-hybridized carbons (Fsp3) is 0.294. The van der Waals surface area contributed by atoms with Crippen LogP contribution < -0.4 is 9.62 Å². The number of halogens is 1. The number of hydrogen-bond donors (Lipinski definition) is 1. The van der Waals surface area contributed by atoms with E-state index in [1.807, 2.05) is 12.1 Å². The van der Waals surface area contributed by atoms with E-state index in [1.165, 1.54) is 18.2 Å². The van der Waals surface area contributed by atoms with Crippen LogP contribution in [0.15, 0.2) is 53.4 Å². The van der Waals surface area contributed by atoms with Gasteiger partial charge in [0.2, 0.25) is 0 Å². The molecule has 0 bridgehead atoms. The summed E-state index contributed by atoms with van der Waals surface area (Å²) in [5.41, 5.74) is 1.47. The summed E-state index contributed by atoms with van der Waals surface area (Å²) < 4.78 is 40.7. The van der Waals surface area contributed by atoms with Crippen LogP contribution in [-0.2, 0) is 10.0 Å². The first-order valence-corrected chi connectivity index (χ1v) is 9.25. The summed E-state index contributed by atoms with van der Waals surface area (Å²) in [6, 6.07) is 12.5. The molecule has 128 valence electrons. The second-order valence-corrected chi connectivity index (χ2v) is 7.52. The molecule has 0 atom stereocenters. The Bertz CT molecular complexity index is 801. The average molecular weight is 349 g/mol. The van der Waals surface area contributed by atoms with E-state index in [2.05, 4.69) is 21.6 Å². The molecule has 0 aromatic heterocycles. The third-order valence-electron chi connectivity index (χ3n) is 4.11. The Morgan fingerprint density at radius 3 is 2.21 bits per heavy atom. The van der Waals surface area contributed by atoms with Crippen LogP contribution in [0.5, 0.6) is 0 Å². The predicted octanol–water partition coefficient (Wildman–Crippen LogP) is 2.38. The van der Waals surface area contributed by atoms with E-state index < -0.39 is 15.8 Å². The Labute approximate surface area is 141 Å². The standard InChI is InChI=1S/C17H20FN3O2S/c1-20-10-12-21(13-11-20)15-8-6-14(7-9-15)19-24(22,23)17-5-3-2-4-16(17)18/h2-9,19H,10-13H2,1H3. The van der Waals surface area contributed by atoms with Crippen molar-refractivity contribution in [3.05, 3.63) is 54.3 Å². The molecule has 2 aromatic rings. The number of nitrogens with one attached hydrogen (secondary N) is 1. The highest BCUT2D eigenvalue weighted by molar-refractivity contribution is 7.92. The Morgan fingerprint density at radius 1 is 0.958 bits per heavy atom. The number of rotatable bonds is 4. The lowest BCUT2D eigenvalue weighted by Gasteiger charge is -2.34. The molecular formula is C17H20FN3O2S. The number of piperazine rings is 1. The smallest absolute Gasteiger partial charge is 0.264 e. The molecule has 1 aliphatic rings. The van der Waals surface area contributed by atoms with E-state index in [0.29, 0.717) is 5.69 Å². The van der Waals surface area contributed by atoms with E-state index in [1.54, 1.807) is 12.1 Å². The first-order chi connectivity index (χ1) is 11.5. The van der Waals surface area contributed by atoms with Gasteiger partial charge in [0.1, 0.15) is 10.7 Å². The zero-order valence-electron chi connectivity index (χ0n) is 13.4. The van der Waals surface area contributed by atoms with Crippen LogP contribution >= 0.6 is 0 Å². The summed E-state index contributed by atoms with van der Waals surface area (Å²) >= 11 is 0. The monoisotopic (exact) mass is 349 g/mol. The van der Waals surface area contributed by atoms with Gasteiger partial charge in [-0.3, -0.25) is 4.72 Å². The van der Waals surface area contributed by atoms with Gasteiger partial charge in [-0.25, -0.2) is 12.8 Å². The fourth-order valence-corrected chi connectivity index (χ4v) is 3.82. The highest BCUT2D eigenvalue weighted by Crippen LogP contribution is 2.22. The summed E-state index contributed by atoms with van der Waals surface area (Å²) in [6.07, 6.45) is 0. The van der Waals surface area contributed by atoms with Gasteiger partial charge < -0.3 is 9.80 Å². The Balaban J connectivity index is 1.73. The number of nitrogens with zero attached hydrogens (tertiary/aromatic N) is 2. The Hall–Kier alpha value is -2.12. The average Bonchev–Trinajstić information content (AvgIpc) is 2.56. The molecule has 0 spiro atoms. The van der Waals surface area contributed by atoms with Gasteiger partial charge in [-0.15, -0.1) is 0 Å². The third-order valence-corrected chi connectivity index (χ3v) is 5.53. The number of anilines is 2. The zero-order valence-corrected chi connectivity index (χ0v) is 14.3. The molecule has 1 aliphatic heterocycles. The summed E-state index contributed by atoms with van der Waals surface area (Å²) in [5.74, 6) is -0.765. The predicted molar refractivity (Wildman–Crippen MR) is 93.4 cm³/mol. The van der Waals surface area contributed by atoms with E-state index in [0.717, 1.165) is 37.9 Å². The molecular weight excluding hydrogens is 329 g/mol. The Kier molecular flexibility index (Phi) is 4.73. The molecule has 1 fully saturated rings. The molecule has 1 heterocycles. The number of hydrogen-bond acceptors (Lipinski definition) is 4. The van der Waals surface area contributed by atoms with Gasteiger partial charge in [0.05, 0.1) is 0 Å². The van der Waals surface area contributed by atoms with Crippen molar-refractivity contribution in [2.24, 2.45) is 0 Å². The van der Waals surface area contributed by atoms with E-state index in [-0.39, 0.29) is 4.90 Å². The van der Waals surface area contributed by atoms with Gasteiger partial charge in [0.15, 0.2) is 0 Å². The van der Waals surface area contributed by atoms with Gasteiger partial charge >= 0.3 is 0 Å². The van der Waals surface area contributed by atoms with Crippen molar-refractivity contribution >= 4 is 21.4 Å². The SMILES string of the molecule is CN1CCN(c2ccc(NS(=O)(=O)c3ccccc3F)cc2)CC1. The van der Waals surface area contributed by atoms with E-state index >= 15 is 0 Å². The van der Waals surface area contributed by atoms with E-state index in [9.17, 15) is 12.8 Å². The zero-order chi connectivity index (χ0) is 17.2. The molecule has 5 nitrogen and oxygen atoms in total. The van der Waals surface area contributed by atoms with Gasteiger partial charge in [-0.2, -0.15) is 0 Å². The lowest BCUT2D eigenvalue weighted by molar-refractivity contribution is 0.313. The molecule has 0 saturated carbocycles. The molecule has 1 N–H and O–H groups in total. The van der Waals surface area contributed by atoms with Crippen molar-refractivity contribution in [1.29, 1.82) is 0 Å². The number of sulfonamides is 1. The fourth-order valence-electron chi connectivity index (χ4n) is 2.68. The second kappa shape index (κ2) is 6.78. The third kappa shape index (κ3) is 3.68. The summed E-state index contributed by atoms with van der Waals surface area (Å²) in [7, 11) is -1.84. The summed E-state index contributed by atoms with van der Waals surface area (Å²) in [6.45, 7) is 3.89. The van der Waals surface area contributed by atoms with Crippen LogP contribution in [0.2, 0.25) is 0 Å². The molecule has 0 unspecified atom stereocenters. The van der Waals surface area contributed by atoms with Gasteiger partial charge in [0.25, 0.3) is 10.0 Å². The van der Waals surface area contributed by atoms with Crippen molar-refractivity contribution in [3.8, 4) is 0 Å². The minimum atomic E-state index is -3.93. The second-order valence-electron chi connectivity index (χ2n) is 5.87. The molecule has 2 aromatic carbocycles. The Morgan fingerprint density at radius 2 is 1.58 bits per heavy atom. The highest BCUT2D eigenvalue weighted by atomic mass is 32.2. The topological polar surface area (TPSA) is 52.6 Å². The van der Waals surface area contributed by atoms with Crippen molar-refractivity contribution in [1.82, 2.24) is 4.90 Å². The first kappa shape index (κ1) is 16.7. The van der Waals surface area contributed by atoms with Crippen LogP contribution in [0.3, 0.4) is 0 Å². The van der Waals surface area contributed by atoms with Crippen LogP contribution in [0.4, 0.5) is 15.8 Å². The van der Waals surface area contributed by atoms with Crippen molar-refractivity contribution in [2.45, 2.75) is 4.90 Å². The van der Waals surface area contributed by atoms with Crippen molar-refractivity contribution in [2.75, 3.05) is 42.8 Å². The molecule has 0 aliphatic carbocycles. The lowest BCUT2D eigenvalue weighted by atomic mass is 10.2. The maximum absolute atomic E-state index is 13.7. The minimum Gasteiger partial charge on any atom is -0.369 e. The number of benzene rings is 2. The van der Waals surface area contributed by atoms with Crippen LogP contribution in [0, 0.1) is 5.82 Å². The molecule has 1 saturated heterocycles. The molecule has 7 heteroatoms. The lowest BCUT2D eigenvalue weighted by Crippen LogP contribution is -2.44. The van der Waals surface area contributed by atoms with Crippen LogP contribution in [0.25, 0.3) is 0 Å². The molecule has 0 amide bonds. The van der Waals surface area contributed by atoms with Crippen LogP contribution in [0.1, 0.15) is 0 Å². The molecule has 0 radical (unpaired) electrons. The maximum atomic E-state index is 13.7. The van der Waals surface area contributed by atoms with Crippen molar-refractivity contribution < 1.29 is 12.8 Å². The van der Waals surface area contributed by atoms with Gasteiger partial charge in [-0.1, -0.05) is 12.1 Å². The van der Waals surface area contributed by atoms with E-state index in [4.69, 9.17) is 0 Å². The normalized spacial score (nSPS) is 16.2. The summed E-state index contributed by atoms with van der Waals surface area (Å²) in [5, 5.41) is 0. The number of likely N-dealkylation sites (N-methyl/N-ethyl adjacent to an activating group) is 1. The highest BCUT2D eigenvalue weighted by Gasteiger charge is 2.19. The van der Waals surface area contributed by atoms with Gasteiger partial charge in [0, 0.05) is 37.6 Å². The maximum Gasteiger partial charge on any atom is 0.264 e. The largest absolute Gasteiger partial charge is 0.369 e. The first-order valence-electron chi connectivity index (χ1n) is 7.77. The summed E-state index contributed by atoms with van der Waals surface area (Å²) in [4.78, 5) is 4.18. The quantitative estimate of drug-likeness (QED) is 0.921. The van der Waals surface area contributed by atoms with Crippen molar-refractivity contribution in [3.63, 3.8) is 0 Å². The molecule has 3 rings (SSSR count). The van der Waals surface area contributed by atoms with Crippen LogP contribution in [-0.4, -0.2) is 46.5 Å². The van der Waals surface area contributed by atoms with Gasteiger partial charge in [-0.05, 0) is 43.4 Å².